The average Bonchev–Trinajstić information content (AvgIpc) is 3.37. The molecule has 1 saturated heterocycles. The highest BCUT2D eigenvalue weighted by molar-refractivity contribution is 5.81. The zero-order valence-corrected chi connectivity index (χ0v) is 21.2. The smallest absolute Gasteiger partial charge is 0.418 e. The number of anilines is 1. The van der Waals surface area contributed by atoms with Crippen LogP contribution in [0.3, 0.4) is 0 Å². The predicted octanol–water partition coefficient (Wildman–Crippen LogP) is 3.61. The van der Waals surface area contributed by atoms with Crippen molar-refractivity contribution in [2.75, 3.05) is 39.3 Å². The van der Waals surface area contributed by atoms with Crippen LogP contribution in [0.4, 0.5) is 18.9 Å². The van der Waals surface area contributed by atoms with Gasteiger partial charge in [-0.15, -0.1) is 0 Å². The number of rotatable bonds is 6. The van der Waals surface area contributed by atoms with Crippen molar-refractivity contribution in [1.82, 2.24) is 15.1 Å². The molecule has 0 saturated carbocycles. The Labute approximate surface area is 217 Å². The van der Waals surface area contributed by atoms with Gasteiger partial charge in [-0.05, 0) is 55.2 Å². The number of hydrogen-bond acceptors (Lipinski definition) is 6. The number of nitrogens with zero attached hydrogens (tertiary/aromatic N) is 3. The van der Waals surface area contributed by atoms with Crippen molar-refractivity contribution >= 4 is 11.6 Å². The van der Waals surface area contributed by atoms with Crippen LogP contribution in [0.1, 0.15) is 23.1 Å². The number of aromatic nitrogens is 2. The van der Waals surface area contributed by atoms with Crippen LogP contribution >= 0.6 is 0 Å². The van der Waals surface area contributed by atoms with Crippen molar-refractivity contribution in [3.8, 4) is 28.4 Å². The van der Waals surface area contributed by atoms with Crippen LogP contribution in [0, 0.1) is 5.92 Å². The molecule has 3 aromatic rings. The Morgan fingerprint density at radius 3 is 2.29 bits per heavy atom. The summed E-state index contributed by atoms with van der Waals surface area (Å²) in [5.74, 6) is 0.614. The number of halogens is 3. The molecule has 1 fully saturated rings. The van der Waals surface area contributed by atoms with E-state index in [9.17, 15) is 22.8 Å². The fourth-order valence-electron chi connectivity index (χ4n) is 5.11. The van der Waals surface area contributed by atoms with Crippen LogP contribution in [-0.2, 0) is 23.8 Å². The van der Waals surface area contributed by atoms with E-state index in [0.717, 1.165) is 16.3 Å². The molecule has 8 nitrogen and oxygen atoms in total. The van der Waals surface area contributed by atoms with Crippen LogP contribution < -0.4 is 25.2 Å². The quantitative estimate of drug-likeness (QED) is 0.526. The first-order valence-electron chi connectivity index (χ1n) is 12.2. The van der Waals surface area contributed by atoms with E-state index in [-0.39, 0.29) is 17.5 Å². The molecule has 2 heterocycles. The van der Waals surface area contributed by atoms with Crippen LogP contribution in [-0.4, -0.2) is 50.0 Å². The molecule has 1 aromatic heterocycles. The molecule has 2 aliphatic rings. The zero-order chi connectivity index (χ0) is 27.2. The number of amides is 1. The second-order valence-corrected chi connectivity index (χ2v) is 9.39. The summed E-state index contributed by atoms with van der Waals surface area (Å²) in [7, 11) is 4.55. The van der Waals surface area contributed by atoms with Crippen LogP contribution in [0.25, 0.3) is 16.9 Å². The second-order valence-electron chi connectivity index (χ2n) is 9.39. The fourth-order valence-corrected chi connectivity index (χ4v) is 5.11. The van der Waals surface area contributed by atoms with E-state index in [1.54, 1.807) is 30.1 Å². The van der Waals surface area contributed by atoms with Gasteiger partial charge in [0.2, 0.25) is 5.91 Å². The first kappa shape index (κ1) is 25.6. The molecule has 0 radical (unpaired) electrons. The van der Waals surface area contributed by atoms with Gasteiger partial charge in [0.1, 0.15) is 11.5 Å². The highest BCUT2D eigenvalue weighted by atomic mass is 19.4. The van der Waals surface area contributed by atoms with E-state index < -0.39 is 17.3 Å². The van der Waals surface area contributed by atoms with Crippen molar-refractivity contribution in [1.29, 1.82) is 0 Å². The van der Waals surface area contributed by atoms with Gasteiger partial charge in [-0.3, -0.25) is 9.59 Å². The summed E-state index contributed by atoms with van der Waals surface area (Å²) < 4.78 is 54.1. The molecule has 1 N–H and O–H groups in total. The minimum Gasteiger partial charge on any atom is -0.497 e. The standard InChI is InChI=1S/C27H27F3N4O4/c1-31-25(35)16-13-33(14-16)17-7-8-22(27(28,29)30)23(11-17)34-26(36)21-6-4-5-20(21)24(32-34)15-9-18(37-2)12-19(10-15)38-3/h7-12,16H,4-6,13-14H2,1-3H3,(H,31,35). The maximum atomic E-state index is 14.2. The van der Waals surface area contributed by atoms with E-state index in [1.165, 1.54) is 26.4 Å². The van der Waals surface area contributed by atoms with Gasteiger partial charge in [-0.2, -0.15) is 23.0 Å². The zero-order valence-electron chi connectivity index (χ0n) is 21.2. The van der Waals surface area contributed by atoms with E-state index in [4.69, 9.17) is 9.47 Å². The first-order valence-corrected chi connectivity index (χ1v) is 12.2. The Balaban J connectivity index is 1.68. The molecule has 5 rings (SSSR count). The molecule has 200 valence electrons. The summed E-state index contributed by atoms with van der Waals surface area (Å²) in [6, 6.07) is 8.78. The topological polar surface area (TPSA) is 85.7 Å². The highest BCUT2D eigenvalue weighted by Crippen LogP contribution is 2.38. The van der Waals surface area contributed by atoms with Gasteiger partial charge in [-0.1, -0.05) is 0 Å². The molecule has 0 spiro atoms. The molecule has 0 unspecified atom stereocenters. The first-order chi connectivity index (χ1) is 18.1. The number of carbonyl (C=O) groups is 1. The number of alkyl halides is 3. The number of hydrogen-bond donors (Lipinski definition) is 1. The van der Waals surface area contributed by atoms with Gasteiger partial charge >= 0.3 is 6.18 Å². The Hall–Kier alpha value is -4.02. The Bertz CT molecular complexity index is 1440. The van der Waals surface area contributed by atoms with Gasteiger partial charge in [-0.25, -0.2) is 0 Å². The third-order valence-electron chi connectivity index (χ3n) is 7.16. The van der Waals surface area contributed by atoms with Crippen molar-refractivity contribution < 1.29 is 27.4 Å². The summed E-state index contributed by atoms with van der Waals surface area (Å²) in [6.45, 7) is 0.734. The maximum Gasteiger partial charge on any atom is 0.418 e. The molecule has 1 aliphatic heterocycles. The summed E-state index contributed by atoms with van der Waals surface area (Å²) >= 11 is 0. The molecular weight excluding hydrogens is 501 g/mol. The highest BCUT2D eigenvalue weighted by Gasteiger charge is 2.37. The normalized spacial score (nSPS) is 15.2. The Kier molecular flexibility index (Phi) is 6.54. The molecule has 38 heavy (non-hydrogen) atoms. The lowest BCUT2D eigenvalue weighted by Crippen LogP contribution is -2.53. The van der Waals surface area contributed by atoms with E-state index in [1.807, 2.05) is 0 Å². The van der Waals surface area contributed by atoms with Crippen LogP contribution in [0.5, 0.6) is 11.5 Å². The predicted molar refractivity (Wildman–Crippen MR) is 135 cm³/mol. The third-order valence-corrected chi connectivity index (χ3v) is 7.16. The van der Waals surface area contributed by atoms with Crippen molar-refractivity contribution in [2.24, 2.45) is 5.92 Å². The molecule has 1 amide bonds. The third kappa shape index (κ3) is 4.46. The summed E-state index contributed by atoms with van der Waals surface area (Å²) in [5.41, 5.74) is 0.768. The van der Waals surface area contributed by atoms with Gasteiger partial charge in [0, 0.05) is 43.0 Å². The maximum absolute atomic E-state index is 14.2. The Morgan fingerprint density at radius 2 is 1.68 bits per heavy atom. The molecular formula is C27H27F3N4O4. The van der Waals surface area contributed by atoms with Gasteiger partial charge in [0.05, 0.1) is 37.1 Å². The number of methoxy groups -OCH3 is 2. The number of carbonyl (C=O) groups excluding carboxylic acids is 1. The van der Waals surface area contributed by atoms with Crippen molar-refractivity contribution in [3.63, 3.8) is 0 Å². The van der Waals surface area contributed by atoms with Gasteiger partial charge < -0.3 is 19.7 Å². The van der Waals surface area contributed by atoms with E-state index >= 15 is 0 Å². The number of fused-ring (bicyclic) bond motifs is 1. The van der Waals surface area contributed by atoms with Gasteiger partial charge in [0.15, 0.2) is 0 Å². The van der Waals surface area contributed by atoms with Gasteiger partial charge in [0.25, 0.3) is 5.56 Å². The molecule has 0 bridgehead atoms. The number of nitrogens with one attached hydrogen (secondary N) is 1. The lowest BCUT2D eigenvalue weighted by Gasteiger charge is -2.40. The van der Waals surface area contributed by atoms with Crippen LogP contribution in [0.15, 0.2) is 41.2 Å². The van der Waals surface area contributed by atoms with Crippen molar-refractivity contribution in [2.45, 2.75) is 25.4 Å². The molecule has 0 atom stereocenters. The monoisotopic (exact) mass is 528 g/mol. The fraction of sp³-hybridized carbons (Fsp3) is 0.370. The van der Waals surface area contributed by atoms with Crippen molar-refractivity contribution in [3.05, 3.63) is 63.4 Å². The minimum atomic E-state index is -4.72. The van der Waals surface area contributed by atoms with E-state index in [0.29, 0.717) is 66.4 Å². The van der Waals surface area contributed by atoms with E-state index in [2.05, 4.69) is 10.4 Å². The molecule has 11 heteroatoms. The summed E-state index contributed by atoms with van der Waals surface area (Å²) in [6.07, 6.45) is -2.97. The summed E-state index contributed by atoms with van der Waals surface area (Å²) in [5, 5.41) is 7.11. The number of benzene rings is 2. The lowest BCUT2D eigenvalue weighted by molar-refractivity contribution is -0.137. The average molecular weight is 529 g/mol. The second kappa shape index (κ2) is 9.70. The number of ether oxygens (including phenoxy) is 2. The molecule has 2 aromatic carbocycles. The SMILES string of the molecule is CNC(=O)C1CN(c2ccc(C(F)(F)F)c(-n3nc(-c4cc(OC)cc(OC)c4)c4c(c3=O)CCC4)c2)C1. The Morgan fingerprint density at radius 1 is 1.03 bits per heavy atom. The minimum absolute atomic E-state index is 0.122. The molecule has 1 aliphatic carbocycles. The lowest BCUT2D eigenvalue weighted by atomic mass is 9.97. The largest absolute Gasteiger partial charge is 0.497 e. The van der Waals surface area contributed by atoms with Crippen LogP contribution in [0.2, 0.25) is 0 Å². The summed E-state index contributed by atoms with van der Waals surface area (Å²) in [4.78, 5) is 27.2.